The Morgan fingerprint density at radius 2 is 1.80 bits per heavy atom. The van der Waals surface area contributed by atoms with Crippen molar-refractivity contribution in [3.8, 4) is 0 Å². The van der Waals surface area contributed by atoms with Crippen LogP contribution in [-0.2, 0) is 11.3 Å². The molecule has 2 heterocycles. The molecule has 0 N–H and O–H groups in total. The molecule has 30 heavy (non-hydrogen) atoms. The van der Waals surface area contributed by atoms with Crippen LogP contribution in [0.1, 0.15) is 31.4 Å². The average Bonchev–Trinajstić information content (AvgIpc) is 3.29. The maximum atomic E-state index is 13.1. The lowest BCUT2D eigenvalue weighted by atomic mass is 10.1. The van der Waals surface area contributed by atoms with Gasteiger partial charge in [-0.2, -0.15) is 4.73 Å². The number of esters is 1. The lowest BCUT2D eigenvalue weighted by Crippen LogP contribution is -2.38. The second-order valence-corrected chi connectivity index (χ2v) is 7.97. The van der Waals surface area contributed by atoms with Gasteiger partial charge in [-0.05, 0) is 17.5 Å². The highest BCUT2D eigenvalue weighted by Gasteiger charge is 2.28. The Balaban J connectivity index is 1.82. The molecule has 150 valence electrons. The zero-order valence-electron chi connectivity index (χ0n) is 15.2. The normalized spacial score (nSPS) is 10.9. The summed E-state index contributed by atoms with van der Waals surface area (Å²) in [5, 5.41) is 15.2. The standard InChI is InChI=1S/C21H12Cl2N2O4S/c22-13-9-15-17(10-14(13)23)25(28)19(20(26)12-5-2-1-3-6-12)16(24-15)11-29-21(27)18-7-4-8-30-18/h1-10H,11H2. The van der Waals surface area contributed by atoms with Gasteiger partial charge in [-0.3, -0.25) is 4.79 Å². The molecule has 0 saturated heterocycles. The molecule has 9 heteroatoms. The summed E-state index contributed by atoms with van der Waals surface area (Å²) < 4.78 is 5.76. The van der Waals surface area contributed by atoms with E-state index < -0.39 is 11.8 Å². The van der Waals surface area contributed by atoms with E-state index in [1.54, 1.807) is 47.8 Å². The Labute approximate surface area is 184 Å². The summed E-state index contributed by atoms with van der Waals surface area (Å²) >= 11 is 13.3. The van der Waals surface area contributed by atoms with Crippen molar-refractivity contribution in [2.75, 3.05) is 0 Å². The van der Waals surface area contributed by atoms with Crippen molar-refractivity contribution >= 4 is 57.3 Å². The van der Waals surface area contributed by atoms with Crippen molar-refractivity contribution in [2.45, 2.75) is 6.61 Å². The molecule has 0 saturated carbocycles. The SMILES string of the molecule is O=C(OCc1nc2cc(Cl)c(Cl)cc2[n+]([O-])c1C(=O)c1ccccc1)c1cccs1. The van der Waals surface area contributed by atoms with Crippen LogP contribution in [0.3, 0.4) is 0 Å². The molecule has 0 amide bonds. The maximum Gasteiger partial charge on any atom is 0.348 e. The Morgan fingerprint density at radius 3 is 2.50 bits per heavy atom. The van der Waals surface area contributed by atoms with Gasteiger partial charge in [-0.15, -0.1) is 11.3 Å². The number of carbonyl (C=O) groups excluding carboxylic acids is 2. The zero-order chi connectivity index (χ0) is 21.3. The van der Waals surface area contributed by atoms with E-state index in [0.29, 0.717) is 15.2 Å². The van der Waals surface area contributed by atoms with E-state index in [1.165, 1.54) is 23.5 Å². The van der Waals surface area contributed by atoms with Gasteiger partial charge in [0, 0.05) is 11.6 Å². The number of hydrogen-bond donors (Lipinski definition) is 0. The molecule has 0 aliphatic heterocycles. The summed E-state index contributed by atoms with van der Waals surface area (Å²) in [6.45, 7) is -0.358. The molecule has 2 aromatic carbocycles. The van der Waals surface area contributed by atoms with Crippen molar-refractivity contribution in [3.05, 3.63) is 97.1 Å². The number of benzene rings is 2. The molecule has 6 nitrogen and oxygen atoms in total. The van der Waals surface area contributed by atoms with Gasteiger partial charge < -0.3 is 9.94 Å². The summed E-state index contributed by atoms with van der Waals surface area (Å²) in [6.07, 6.45) is 0. The predicted molar refractivity (Wildman–Crippen MR) is 114 cm³/mol. The summed E-state index contributed by atoms with van der Waals surface area (Å²) in [4.78, 5) is 30.1. The van der Waals surface area contributed by atoms with E-state index in [1.807, 2.05) is 0 Å². The zero-order valence-corrected chi connectivity index (χ0v) is 17.5. The van der Waals surface area contributed by atoms with Crippen molar-refractivity contribution in [1.29, 1.82) is 0 Å². The van der Waals surface area contributed by atoms with Crippen LogP contribution in [0.5, 0.6) is 0 Å². The lowest BCUT2D eigenvalue weighted by Gasteiger charge is -2.12. The van der Waals surface area contributed by atoms with Crippen LogP contribution in [-0.4, -0.2) is 16.7 Å². The van der Waals surface area contributed by atoms with Crippen LogP contribution >= 0.6 is 34.5 Å². The first-order chi connectivity index (χ1) is 14.5. The number of nitrogens with zero attached hydrogens (tertiary/aromatic N) is 2. The number of carbonyl (C=O) groups is 2. The van der Waals surface area contributed by atoms with Gasteiger partial charge in [0.15, 0.2) is 5.69 Å². The Hall–Kier alpha value is -3.00. The number of aromatic nitrogens is 2. The first-order valence-corrected chi connectivity index (χ1v) is 10.3. The minimum absolute atomic E-state index is 0.0228. The fourth-order valence-corrected chi connectivity index (χ4v) is 3.80. The molecule has 4 aromatic rings. The van der Waals surface area contributed by atoms with Crippen molar-refractivity contribution in [3.63, 3.8) is 0 Å². The third-order valence-electron chi connectivity index (χ3n) is 4.28. The summed E-state index contributed by atoms with van der Waals surface area (Å²) in [5.41, 5.74) is 0.387. The molecular formula is C21H12Cl2N2O4S. The van der Waals surface area contributed by atoms with Crippen LogP contribution in [0, 0.1) is 5.21 Å². The van der Waals surface area contributed by atoms with E-state index in [-0.39, 0.29) is 39.1 Å². The molecule has 2 aromatic heterocycles. The first kappa shape index (κ1) is 20.3. The van der Waals surface area contributed by atoms with Crippen LogP contribution in [0.2, 0.25) is 10.0 Å². The summed E-state index contributed by atoms with van der Waals surface area (Å²) in [7, 11) is 0. The number of hydrogen-bond acceptors (Lipinski definition) is 6. The molecule has 0 bridgehead atoms. The fourth-order valence-electron chi connectivity index (χ4n) is 2.86. The highest BCUT2D eigenvalue weighted by molar-refractivity contribution is 7.11. The fraction of sp³-hybridized carbons (Fsp3) is 0.0476. The molecule has 0 atom stereocenters. The van der Waals surface area contributed by atoms with Crippen LogP contribution in [0.15, 0.2) is 60.0 Å². The third kappa shape index (κ3) is 3.87. The average molecular weight is 459 g/mol. The molecule has 0 aliphatic rings. The van der Waals surface area contributed by atoms with Gasteiger partial charge in [-0.25, -0.2) is 9.78 Å². The maximum absolute atomic E-state index is 13.1. The van der Waals surface area contributed by atoms with Gasteiger partial charge in [0.1, 0.15) is 17.0 Å². The van der Waals surface area contributed by atoms with Gasteiger partial charge in [0.05, 0.1) is 10.0 Å². The minimum Gasteiger partial charge on any atom is -0.618 e. The summed E-state index contributed by atoms with van der Waals surface area (Å²) in [5.74, 6) is -1.12. The van der Waals surface area contributed by atoms with E-state index in [0.717, 1.165) is 0 Å². The van der Waals surface area contributed by atoms with Crippen LogP contribution < -0.4 is 4.73 Å². The topological polar surface area (TPSA) is 83.2 Å². The third-order valence-corrected chi connectivity index (χ3v) is 5.85. The molecule has 0 unspecified atom stereocenters. The number of rotatable bonds is 5. The predicted octanol–water partition coefficient (Wildman–Crippen LogP) is 4.82. The highest BCUT2D eigenvalue weighted by Crippen LogP contribution is 2.27. The summed E-state index contributed by atoms with van der Waals surface area (Å²) in [6, 6.07) is 14.4. The molecule has 0 spiro atoms. The smallest absolute Gasteiger partial charge is 0.348 e. The number of halogens is 2. The minimum atomic E-state index is -0.573. The van der Waals surface area contributed by atoms with E-state index in [4.69, 9.17) is 27.9 Å². The highest BCUT2D eigenvalue weighted by atomic mass is 35.5. The van der Waals surface area contributed by atoms with Crippen LogP contribution in [0.4, 0.5) is 0 Å². The second-order valence-electron chi connectivity index (χ2n) is 6.21. The number of ketones is 1. The van der Waals surface area contributed by atoms with Gasteiger partial charge in [0.2, 0.25) is 5.52 Å². The van der Waals surface area contributed by atoms with E-state index >= 15 is 0 Å². The molecule has 4 rings (SSSR count). The largest absolute Gasteiger partial charge is 0.618 e. The van der Waals surface area contributed by atoms with Gasteiger partial charge in [-0.1, -0.05) is 59.6 Å². The monoisotopic (exact) mass is 458 g/mol. The second kappa shape index (κ2) is 8.39. The van der Waals surface area contributed by atoms with Crippen molar-refractivity contribution in [1.82, 2.24) is 4.98 Å². The molecule has 0 aliphatic carbocycles. The Morgan fingerprint density at radius 1 is 1.07 bits per heavy atom. The number of ether oxygens (including phenoxy) is 1. The van der Waals surface area contributed by atoms with Crippen molar-refractivity contribution in [2.24, 2.45) is 0 Å². The molecular weight excluding hydrogens is 447 g/mol. The van der Waals surface area contributed by atoms with E-state index in [2.05, 4.69) is 4.98 Å². The van der Waals surface area contributed by atoms with Gasteiger partial charge >= 0.3 is 5.97 Å². The van der Waals surface area contributed by atoms with Crippen molar-refractivity contribution < 1.29 is 19.1 Å². The molecule has 0 radical (unpaired) electrons. The lowest BCUT2D eigenvalue weighted by molar-refractivity contribution is -0.580. The first-order valence-electron chi connectivity index (χ1n) is 8.67. The number of fused-ring (bicyclic) bond motifs is 1. The van der Waals surface area contributed by atoms with Crippen LogP contribution in [0.25, 0.3) is 11.0 Å². The Bertz CT molecular complexity index is 1260. The quantitative estimate of drug-likeness (QED) is 0.185. The van der Waals surface area contributed by atoms with E-state index in [9.17, 15) is 14.8 Å². The molecule has 0 fully saturated rings. The number of thiophene rings is 1. The van der Waals surface area contributed by atoms with Gasteiger partial charge in [0.25, 0.3) is 11.5 Å². The Kier molecular flexibility index (Phi) is 5.67.